The minimum absolute atomic E-state index is 0.151. The molecule has 0 saturated carbocycles. The fourth-order valence-electron chi connectivity index (χ4n) is 1.88. The molecule has 0 fully saturated rings. The maximum Gasteiger partial charge on any atom is 0.305 e. The molecule has 1 rings (SSSR count). The third-order valence-corrected chi connectivity index (χ3v) is 3.09. The second-order valence-corrected chi connectivity index (χ2v) is 4.69. The van der Waals surface area contributed by atoms with Crippen molar-refractivity contribution in [2.24, 2.45) is 4.99 Å². The van der Waals surface area contributed by atoms with Gasteiger partial charge in [0, 0.05) is 26.6 Å². The van der Waals surface area contributed by atoms with Crippen molar-refractivity contribution in [1.82, 2.24) is 10.6 Å². The average molecular weight is 291 g/mol. The van der Waals surface area contributed by atoms with Crippen LogP contribution in [0.15, 0.2) is 29.3 Å². The Labute approximate surface area is 126 Å². The molecule has 5 heteroatoms. The number of nitrogens with zero attached hydrogens (tertiary/aromatic N) is 1. The quantitative estimate of drug-likeness (QED) is 0.349. The predicted molar refractivity (Wildman–Crippen MR) is 85.2 cm³/mol. The van der Waals surface area contributed by atoms with Crippen LogP contribution in [0, 0.1) is 6.92 Å². The fourth-order valence-corrected chi connectivity index (χ4v) is 1.88. The largest absolute Gasteiger partial charge is 0.466 e. The number of carbonyl (C=O) groups excluding carboxylic acids is 1. The number of rotatable bonds is 7. The van der Waals surface area contributed by atoms with Crippen molar-refractivity contribution < 1.29 is 9.53 Å². The topological polar surface area (TPSA) is 62.7 Å². The summed E-state index contributed by atoms with van der Waals surface area (Å²) in [5, 5.41) is 6.45. The Bertz CT molecular complexity index is 472. The Kier molecular flexibility index (Phi) is 7.94. The molecule has 2 N–H and O–H groups in total. The van der Waals surface area contributed by atoms with Crippen LogP contribution >= 0.6 is 0 Å². The molecule has 0 aliphatic carbocycles. The number of hydrogen-bond donors (Lipinski definition) is 2. The second kappa shape index (κ2) is 9.80. The summed E-state index contributed by atoms with van der Waals surface area (Å²) in [5.74, 6) is 0.587. The van der Waals surface area contributed by atoms with Crippen LogP contribution in [0.25, 0.3) is 0 Å². The van der Waals surface area contributed by atoms with Crippen LogP contribution < -0.4 is 10.6 Å². The van der Waals surface area contributed by atoms with Crippen LogP contribution in [0.1, 0.15) is 30.9 Å². The van der Waals surface area contributed by atoms with Crippen molar-refractivity contribution in [3.8, 4) is 0 Å². The van der Waals surface area contributed by atoms with Crippen LogP contribution in [0.5, 0.6) is 0 Å². The van der Waals surface area contributed by atoms with E-state index in [4.69, 9.17) is 4.74 Å². The third kappa shape index (κ3) is 6.79. The first kappa shape index (κ1) is 17.0. The molecule has 21 heavy (non-hydrogen) atoms. The molecule has 116 valence electrons. The number of aryl methyl sites for hydroxylation is 1. The molecule has 0 saturated heterocycles. The van der Waals surface area contributed by atoms with Gasteiger partial charge in [0.25, 0.3) is 0 Å². The number of esters is 1. The van der Waals surface area contributed by atoms with E-state index in [-0.39, 0.29) is 5.97 Å². The monoisotopic (exact) mass is 291 g/mol. The first-order valence-electron chi connectivity index (χ1n) is 7.32. The van der Waals surface area contributed by atoms with Crippen LogP contribution in [0.4, 0.5) is 0 Å². The molecular weight excluding hydrogens is 266 g/mol. The SMILES string of the molecule is CCOC(=O)CCCNC(=NC)NCc1ccccc1C. The van der Waals surface area contributed by atoms with E-state index in [0.717, 1.165) is 18.9 Å². The Morgan fingerprint density at radius 2 is 2.05 bits per heavy atom. The lowest BCUT2D eigenvalue weighted by atomic mass is 10.1. The van der Waals surface area contributed by atoms with Crippen molar-refractivity contribution in [3.63, 3.8) is 0 Å². The Hall–Kier alpha value is -2.04. The van der Waals surface area contributed by atoms with Gasteiger partial charge in [-0.25, -0.2) is 0 Å². The molecule has 0 aromatic heterocycles. The van der Waals surface area contributed by atoms with E-state index in [1.54, 1.807) is 7.05 Å². The number of benzene rings is 1. The summed E-state index contributed by atoms with van der Waals surface area (Å²) in [6.07, 6.45) is 1.15. The molecule has 0 radical (unpaired) electrons. The van der Waals surface area contributed by atoms with Crippen molar-refractivity contribution in [2.75, 3.05) is 20.2 Å². The van der Waals surface area contributed by atoms with Crippen LogP contribution in [-0.2, 0) is 16.1 Å². The number of carbonyl (C=O) groups is 1. The van der Waals surface area contributed by atoms with Crippen LogP contribution in [0.2, 0.25) is 0 Å². The van der Waals surface area contributed by atoms with Gasteiger partial charge in [-0.15, -0.1) is 0 Å². The lowest BCUT2D eigenvalue weighted by Gasteiger charge is -2.13. The predicted octanol–water partition coefficient (Wildman–Crippen LogP) is 2.00. The highest BCUT2D eigenvalue weighted by Gasteiger charge is 2.03. The third-order valence-electron chi connectivity index (χ3n) is 3.09. The maximum atomic E-state index is 11.2. The molecule has 0 unspecified atom stereocenters. The summed E-state index contributed by atoms with van der Waals surface area (Å²) in [4.78, 5) is 15.4. The highest BCUT2D eigenvalue weighted by atomic mass is 16.5. The molecule has 0 spiro atoms. The van der Waals surface area contributed by atoms with Crippen molar-refractivity contribution >= 4 is 11.9 Å². The van der Waals surface area contributed by atoms with Crippen molar-refractivity contribution in [2.45, 2.75) is 33.2 Å². The van der Waals surface area contributed by atoms with Gasteiger partial charge in [-0.3, -0.25) is 9.79 Å². The Morgan fingerprint density at radius 1 is 1.29 bits per heavy atom. The van der Waals surface area contributed by atoms with E-state index in [0.29, 0.717) is 19.6 Å². The van der Waals surface area contributed by atoms with Gasteiger partial charge in [-0.2, -0.15) is 0 Å². The zero-order valence-corrected chi connectivity index (χ0v) is 13.1. The molecule has 5 nitrogen and oxygen atoms in total. The zero-order valence-electron chi connectivity index (χ0n) is 13.1. The van der Waals surface area contributed by atoms with Crippen LogP contribution in [-0.4, -0.2) is 32.1 Å². The van der Waals surface area contributed by atoms with Gasteiger partial charge in [0.15, 0.2) is 5.96 Å². The highest BCUT2D eigenvalue weighted by molar-refractivity contribution is 5.79. The minimum atomic E-state index is -0.151. The average Bonchev–Trinajstić information content (AvgIpc) is 2.48. The standard InChI is InChI=1S/C16H25N3O2/c1-4-21-15(20)10-7-11-18-16(17-3)19-12-14-9-6-5-8-13(14)2/h5-6,8-9H,4,7,10-12H2,1-3H3,(H2,17,18,19). The van der Waals surface area contributed by atoms with Gasteiger partial charge in [-0.1, -0.05) is 24.3 Å². The lowest BCUT2D eigenvalue weighted by Crippen LogP contribution is -2.37. The van der Waals surface area contributed by atoms with Gasteiger partial charge in [-0.05, 0) is 31.4 Å². The van der Waals surface area contributed by atoms with Gasteiger partial charge in [0.1, 0.15) is 0 Å². The first-order valence-corrected chi connectivity index (χ1v) is 7.32. The summed E-state index contributed by atoms with van der Waals surface area (Å²) in [7, 11) is 1.73. The van der Waals surface area contributed by atoms with Crippen LogP contribution in [0.3, 0.4) is 0 Å². The summed E-state index contributed by atoms with van der Waals surface area (Å²) in [6.45, 7) is 5.75. The number of aliphatic imine (C=N–C) groups is 1. The summed E-state index contributed by atoms with van der Waals surface area (Å²) < 4.78 is 4.88. The zero-order chi connectivity index (χ0) is 15.5. The molecular formula is C16H25N3O2. The minimum Gasteiger partial charge on any atom is -0.466 e. The van der Waals surface area contributed by atoms with E-state index in [1.165, 1.54) is 11.1 Å². The molecule has 1 aromatic carbocycles. The Balaban J connectivity index is 2.27. The van der Waals surface area contributed by atoms with Crippen molar-refractivity contribution in [3.05, 3.63) is 35.4 Å². The maximum absolute atomic E-state index is 11.2. The smallest absolute Gasteiger partial charge is 0.305 e. The number of ether oxygens (including phenoxy) is 1. The van der Waals surface area contributed by atoms with Gasteiger partial charge < -0.3 is 15.4 Å². The fraction of sp³-hybridized carbons (Fsp3) is 0.500. The van der Waals surface area contributed by atoms with E-state index in [9.17, 15) is 4.79 Å². The normalized spacial score (nSPS) is 11.1. The second-order valence-electron chi connectivity index (χ2n) is 4.69. The summed E-state index contributed by atoms with van der Waals surface area (Å²) in [6, 6.07) is 8.24. The van der Waals surface area contributed by atoms with E-state index >= 15 is 0 Å². The van der Waals surface area contributed by atoms with Gasteiger partial charge >= 0.3 is 5.97 Å². The molecule has 0 amide bonds. The molecule has 0 aliphatic rings. The summed E-state index contributed by atoms with van der Waals surface area (Å²) >= 11 is 0. The van der Waals surface area contributed by atoms with Gasteiger partial charge in [0.05, 0.1) is 6.61 Å². The van der Waals surface area contributed by atoms with E-state index in [2.05, 4.69) is 34.7 Å². The van der Waals surface area contributed by atoms with E-state index in [1.807, 2.05) is 19.1 Å². The number of guanidine groups is 1. The number of nitrogens with one attached hydrogen (secondary N) is 2. The van der Waals surface area contributed by atoms with Gasteiger partial charge in [0.2, 0.25) is 0 Å². The van der Waals surface area contributed by atoms with E-state index < -0.39 is 0 Å². The lowest BCUT2D eigenvalue weighted by molar-refractivity contribution is -0.143. The van der Waals surface area contributed by atoms with Crippen molar-refractivity contribution in [1.29, 1.82) is 0 Å². The molecule has 0 heterocycles. The first-order chi connectivity index (χ1) is 10.2. The Morgan fingerprint density at radius 3 is 2.71 bits per heavy atom. The molecule has 0 aliphatic heterocycles. The molecule has 0 atom stereocenters. The molecule has 1 aromatic rings. The summed E-state index contributed by atoms with van der Waals surface area (Å²) in [5.41, 5.74) is 2.50. The molecule has 0 bridgehead atoms. The highest BCUT2D eigenvalue weighted by Crippen LogP contribution is 2.05. The number of hydrogen-bond acceptors (Lipinski definition) is 3.